The van der Waals surface area contributed by atoms with Crippen LogP contribution in [-0.2, 0) is 0 Å². The Hall–Kier alpha value is -1.99. The molecule has 0 N–H and O–H groups in total. The third-order valence-electron chi connectivity index (χ3n) is 5.98. The predicted molar refractivity (Wildman–Crippen MR) is 108 cm³/mol. The van der Waals surface area contributed by atoms with Gasteiger partial charge in [-0.25, -0.2) is 0 Å². The third-order valence-corrected chi connectivity index (χ3v) is 6.22. The number of likely N-dealkylation sites (tertiary alicyclic amines) is 2. The quantitative estimate of drug-likeness (QED) is 0.786. The van der Waals surface area contributed by atoms with Crippen LogP contribution in [0.4, 0.5) is 0 Å². The van der Waals surface area contributed by atoms with Crippen LogP contribution in [-0.4, -0.2) is 68.6 Å². The Bertz CT molecular complexity index is 803. The van der Waals surface area contributed by atoms with Gasteiger partial charge in [0, 0.05) is 24.7 Å². The molecule has 1 unspecified atom stereocenters. The van der Waals surface area contributed by atoms with Crippen molar-refractivity contribution in [3.05, 3.63) is 35.1 Å². The van der Waals surface area contributed by atoms with Gasteiger partial charge in [-0.1, -0.05) is 18.5 Å². The molecule has 3 heterocycles. The van der Waals surface area contributed by atoms with E-state index < -0.39 is 0 Å². The lowest BCUT2D eigenvalue weighted by molar-refractivity contribution is 0.0622. The monoisotopic (exact) mass is 402 g/mol. The molecule has 0 saturated carbocycles. The number of aromatic nitrogens is 4. The van der Waals surface area contributed by atoms with E-state index in [4.69, 9.17) is 11.6 Å². The molecule has 1 aromatic carbocycles. The van der Waals surface area contributed by atoms with Crippen molar-refractivity contribution in [2.45, 2.75) is 32.6 Å². The topological polar surface area (TPSA) is 67.2 Å². The molecule has 150 valence electrons. The first-order valence-corrected chi connectivity index (χ1v) is 10.5. The average molecular weight is 403 g/mol. The number of nitrogens with zero attached hydrogens (tertiary/aromatic N) is 6. The number of carbonyl (C=O) groups is 1. The normalized spacial score (nSPS) is 21.8. The van der Waals surface area contributed by atoms with Crippen LogP contribution in [0.25, 0.3) is 5.69 Å². The van der Waals surface area contributed by atoms with E-state index in [-0.39, 0.29) is 5.91 Å². The second kappa shape index (κ2) is 8.57. The van der Waals surface area contributed by atoms with Gasteiger partial charge >= 0.3 is 0 Å². The molecule has 0 spiro atoms. The Balaban J connectivity index is 1.47. The molecule has 28 heavy (non-hydrogen) atoms. The summed E-state index contributed by atoms with van der Waals surface area (Å²) in [5.74, 6) is 1.37. The molecule has 4 rings (SSSR count). The van der Waals surface area contributed by atoms with Gasteiger partial charge in [-0.15, -0.1) is 5.10 Å². The third kappa shape index (κ3) is 4.36. The van der Waals surface area contributed by atoms with Crippen molar-refractivity contribution in [2.24, 2.45) is 11.8 Å². The highest BCUT2D eigenvalue weighted by Crippen LogP contribution is 2.25. The van der Waals surface area contributed by atoms with Gasteiger partial charge in [0.15, 0.2) is 0 Å². The lowest BCUT2D eigenvalue weighted by Gasteiger charge is -2.38. The van der Waals surface area contributed by atoms with Gasteiger partial charge in [0.2, 0.25) is 0 Å². The molecule has 0 aliphatic carbocycles. The number of amides is 1. The van der Waals surface area contributed by atoms with E-state index in [9.17, 15) is 4.79 Å². The summed E-state index contributed by atoms with van der Waals surface area (Å²) in [5, 5.41) is 11.8. The minimum atomic E-state index is 0.00460. The van der Waals surface area contributed by atoms with Crippen LogP contribution in [0.2, 0.25) is 5.02 Å². The molecule has 2 aliphatic rings. The van der Waals surface area contributed by atoms with Crippen LogP contribution in [0.5, 0.6) is 0 Å². The van der Waals surface area contributed by atoms with Crippen molar-refractivity contribution >= 4 is 17.5 Å². The zero-order valence-electron chi connectivity index (χ0n) is 16.3. The Labute approximate surface area is 170 Å². The van der Waals surface area contributed by atoms with Crippen LogP contribution >= 0.6 is 11.6 Å². The Morgan fingerprint density at radius 2 is 2.04 bits per heavy atom. The highest BCUT2D eigenvalue weighted by molar-refractivity contribution is 6.31. The van der Waals surface area contributed by atoms with Crippen LogP contribution in [0.3, 0.4) is 0 Å². The van der Waals surface area contributed by atoms with E-state index in [0.717, 1.165) is 32.0 Å². The first kappa shape index (κ1) is 19.3. The van der Waals surface area contributed by atoms with Crippen molar-refractivity contribution in [1.82, 2.24) is 30.0 Å². The maximum Gasteiger partial charge on any atom is 0.256 e. The SMILES string of the molecule is CC1CCN(CC2CCCN(C(=O)c3cc(Cl)ccc3-n3cnnn3)C2)CC1. The zero-order chi connectivity index (χ0) is 19.5. The lowest BCUT2D eigenvalue weighted by Crippen LogP contribution is -2.45. The zero-order valence-corrected chi connectivity index (χ0v) is 17.1. The summed E-state index contributed by atoms with van der Waals surface area (Å²) < 4.78 is 1.51. The number of carbonyl (C=O) groups excluding carboxylic acids is 1. The first-order valence-electron chi connectivity index (χ1n) is 10.1. The lowest BCUT2D eigenvalue weighted by atomic mass is 9.94. The van der Waals surface area contributed by atoms with Gasteiger partial charge < -0.3 is 9.80 Å². The molecular formula is C20H27ClN6O. The van der Waals surface area contributed by atoms with Crippen molar-refractivity contribution in [3.63, 3.8) is 0 Å². The van der Waals surface area contributed by atoms with Gasteiger partial charge in [-0.05, 0) is 79.2 Å². The molecule has 2 fully saturated rings. The molecule has 8 heteroatoms. The average Bonchev–Trinajstić information content (AvgIpc) is 3.24. The van der Waals surface area contributed by atoms with Gasteiger partial charge in [0.05, 0.1) is 11.3 Å². The number of rotatable bonds is 4. The molecule has 2 aromatic rings. The minimum absolute atomic E-state index is 0.00460. The van der Waals surface area contributed by atoms with Crippen LogP contribution in [0, 0.1) is 11.8 Å². The fraction of sp³-hybridized carbons (Fsp3) is 0.600. The van der Waals surface area contributed by atoms with Gasteiger partial charge in [0.1, 0.15) is 6.33 Å². The molecular weight excluding hydrogens is 376 g/mol. The van der Waals surface area contributed by atoms with E-state index in [0.29, 0.717) is 22.2 Å². The first-order chi connectivity index (χ1) is 13.6. The summed E-state index contributed by atoms with van der Waals surface area (Å²) in [6.45, 7) is 7.38. The maximum atomic E-state index is 13.3. The fourth-order valence-corrected chi connectivity index (χ4v) is 4.50. The molecule has 2 saturated heterocycles. The van der Waals surface area contributed by atoms with Crippen LogP contribution in [0.15, 0.2) is 24.5 Å². The van der Waals surface area contributed by atoms with E-state index in [1.54, 1.807) is 18.2 Å². The smallest absolute Gasteiger partial charge is 0.256 e. The van der Waals surface area contributed by atoms with Gasteiger partial charge in [0.25, 0.3) is 5.91 Å². The summed E-state index contributed by atoms with van der Waals surface area (Å²) in [6, 6.07) is 5.27. The van der Waals surface area contributed by atoms with E-state index in [2.05, 4.69) is 27.3 Å². The maximum absolute atomic E-state index is 13.3. The summed E-state index contributed by atoms with van der Waals surface area (Å²) in [7, 11) is 0. The Morgan fingerprint density at radius 1 is 1.21 bits per heavy atom. The number of piperidine rings is 2. The Kier molecular flexibility index (Phi) is 5.92. The minimum Gasteiger partial charge on any atom is -0.338 e. The Morgan fingerprint density at radius 3 is 2.79 bits per heavy atom. The molecule has 1 atom stereocenters. The molecule has 1 amide bonds. The summed E-state index contributed by atoms with van der Waals surface area (Å²) >= 11 is 6.19. The van der Waals surface area contributed by atoms with Crippen molar-refractivity contribution < 1.29 is 4.79 Å². The molecule has 0 radical (unpaired) electrons. The van der Waals surface area contributed by atoms with Crippen LogP contribution < -0.4 is 0 Å². The number of hydrogen-bond acceptors (Lipinski definition) is 5. The number of hydrogen-bond donors (Lipinski definition) is 0. The highest BCUT2D eigenvalue weighted by Gasteiger charge is 2.28. The molecule has 2 aliphatic heterocycles. The summed E-state index contributed by atoms with van der Waals surface area (Å²) in [5.41, 5.74) is 1.21. The largest absolute Gasteiger partial charge is 0.338 e. The summed E-state index contributed by atoms with van der Waals surface area (Å²) in [6.07, 6.45) is 6.30. The second-order valence-electron chi connectivity index (χ2n) is 8.16. The van der Waals surface area contributed by atoms with Gasteiger partial charge in [-0.3, -0.25) is 4.79 Å². The second-order valence-corrected chi connectivity index (χ2v) is 8.59. The standard InChI is InChI=1S/C20H27ClN6O/c1-15-6-9-25(10-7-15)12-16-3-2-8-26(13-16)20(28)18-11-17(21)4-5-19(18)27-14-22-23-24-27/h4-5,11,14-16H,2-3,6-10,12-13H2,1H3. The summed E-state index contributed by atoms with van der Waals surface area (Å²) in [4.78, 5) is 17.9. The van der Waals surface area contributed by atoms with Crippen molar-refractivity contribution in [3.8, 4) is 5.69 Å². The van der Waals surface area contributed by atoms with Crippen LogP contribution in [0.1, 0.15) is 43.0 Å². The number of benzene rings is 1. The fourth-order valence-electron chi connectivity index (χ4n) is 4.33. The van der Waals surface area contributed by atoms with Crippen molar-refractivity contribution in [1.29, 1.82) is 0 Å². The number of halogens is 1. The highest BCUT2D eigenvalue weighted by atomic mass is 35.5. The molecule has 0 bridgehead atoms. The molecule has 7 nitrogen and oxygen atoms in total. The number of tetrazole rings is 1. The van der Waals surface area contributed by atoms with E-state index >= 15 is 0 Å². The van der Waals surface area contributed by atoms with E-state index in [1.165, 1.54) is 43.4 Å². The van der Waals surface area contributed by atoms with Gasteiger partial charge in [-0.2, -0.15) is 4.68 Å². The predicted octanol–water partition coefficient (Wildman–Crippen LogP) is 2.90. The molecule has 1 aromatic heterocycles. The van der Waals surface area contributed by atoms with Crippen molar-refractivity contribution in [2.75, 3.05) is 32.7 Å². The van der Waals surface area contributed by atoms with E-state index in [1.807, 2.05) is 4.90 Å².